The van der Waals surface area contributed by atoms with Crippen LogP contribution in [-0.2, 0) is 0 Å². The van der Waals surface area contributed by atoms with Crippen molar-refractivity contribution in [3.8, 4) is 5.75 Å². The Kier molecular flexibility index (Phi) is 4.51. The first-order chi connectivity index (χ1) is 11.2. The lowest BCUT2D eigenvalue weighted by Gasteiger charge is -2.09. The maximum Gasteiger partial charge on any atom is 0.329 e. The molecule has 1 aliphatic rings. The first-order valence-corrected chi connectivity index (χ1v) is 7.42. The van der Waals surface area contributed by atoms with Crippen molar-refractivity contribution < 1.29 is 9.66 Å². The van der Waals surface area contributed by atoms with Crippen molar-refractivity contribution in [1.82, 2.24) is 9.97 Å². The molecular formula is C15H17N5O3. The van der Waals surface area contributed by atoms with Crippen molar-refractivity contribution in [3.05, 3.63) is 46.6 Å². The normalized spacial score (nSPS) is 13.4. The highest BCUT2D eigenvalue weighted by Gasteiger charge is 2.26. The van der Waals surface area contributed by atoms with Gasteiger partial charge >= 0.3 is 5.69 Å². The van der Waals surface area contributed by atoms with Gasteiger partial charge in [-0.15, -0.1) is 0 Å². The predicted octanol–water partition coefficient (Wildman–Crippen LogP) is 2.45. The zero-order chi connectivity index (χ0) is 16.1. The molecule has 0 amide bonds. The van der Waals surface area contributed by atoms with Gasteiger partial charge in [-0.3, -0.25) is 10.1 Å². The van der Waals surface area contributed by atoms with E-state index in [9.17, 15) is 10.1 Å². The Morgan fingerprint density at radius 3 is 2.78 bits per heavy atom. The zero-order valence-corrected chi connectivity index (χ0v) is 12.4. The molecule has 0 spiro atoms. The predicted molar refractivity (Wildman–Crippen MR) is 85.8 cm³/mol. The monoisotopic (exact) mass is 315 g/mol. The highest BCUT2D eigenvalue weighted by molar-refractivity contribution is 5.58. The van der Waals surface area contributed by atoms with Gasteiger partial charge in [0.05, 0.1) is 11.5 Å². The number of ether oxygens (including phenoxy) is 1. The van der Waals surface area contributed by atoms with Gasteiger partial charge in [0.15, 0.2) is 0 Å². The summed E-state index contributed by atoms with van der Waals surface area (Å²) in [6, 6.07) is 9.75. The Hall–Kier alpha value is -2.90. The Bertz CT molecular complexity index is 676. The van der Waals surface area contributed by atoms with E-state index in [4.69, 9.17) is 4.74 Å². The third-order valence-corrected chi connectivity index (χ3v) is 3.28. The quantitative estimate of drug-likeness (QED) is 0.438. The summed E-state index contributed by atoms with van der Waals surface area (Å²) in [5.74, 6) is 1.39. The molecule has 1 aromatic heterocycles. The van der Waals surface area contributed by atoms with E-state index in [1.807, 2.05) is 30.3 Å². The first-order valence-electron chi connectivity index (χ1n) is 7.42. The van der Waals surface area contributed by atoms with Gasteiger partial charge in [-0.1, -0.05) is 18.2 Å². The number of aromatic nitrogens is 2. The summed E-state index contributed by atoms with van der Waals surface area (Å²) in [7, 11) is 0. The Balaban J connectivity index is 1.55. The SMILES string of the molecule is O=[N+]([O-])c1cnc(NCCOc2ccccc2)nc1NC1CC1. The summed E-state index contributed by atoms with van der Waals surface area (Å²) in [6.07, 6.45) is 3.24. The van der Waals surface area contributed by atoms with E-state index in [-0.39, 0.29) is 17.5 Å². The number of hydrogen-bond donors (Lipinski definition) is 2. The molecule has 0 bridgehead atoms. The fourth-order valence-electron chi connectivity index (χ4n) is 1.97. The van der Waals surface area contributed by atoms with Crippen molar-refractivity contribution in [2.24, 2.45) is 0 Å². The van der Waals surface area contributed by atoms with E-state index in [1.54, 1.807) is 0 Å². The van der Waals surface area contributed by atoms with Crippen LogP contribution in [0.3, 0.4) is 0 Å². The number of para-hydroxylation sites is 1. The lowest BCUT2D eigenvalue weighted by Crippen LogP contribution is -2.15. The lowest BCUT2D eigenvalue weighted by atomic mass is 10.3. The second-order valence-corrected chi connectivity index (χ2v) is 5.19. The third kappa shape index (κ3) is 4.29. The van der Waals surface area contributed by atoms with Crippen LogP contribution < -0.4 is 15.4 Å². The van der Waals surface area contributed by atoms with Crippen LogP contribution in [0.5, 0.6) is 5.75 Å². The van der Waals surface area contributed by atoms with Gasteiger partial charge in [-0.05, 0) is 25.0 Å². The smallest absolute Gasteiger partial charge is 0.329 e. The minimum Gasteiger partial charge on any atom is -0.492 e. The molecular weight excluding hydrogens is 298 g/mol. The number of rotatable bonds is 8. The van der Waals surface area contributed by atoms with E-state index in [2.05, 4.69) is 20.6 Å². The van der Waals surface area contributed by atoms with E-state index < -0.39 is 4.92 Å². The lowest BCUT2D eigenvalue weighted by molar-refractivity contribution is -0.384. The Labute approximate surface area is 133 Å². The molecule has 0 unspecified atom stereocenters. The molecule has 0 radical (unpaired) electrons. The average Bonchev–Trinajstić information content (AvgIpc) is 3.36. The Morgan fingerprint density at radius 2 is 2.09 bits per heavy atom. The molecule has 0 saturated heterocycles. The van der Waals surface area contributed by atoms with Gasteiger partial charge in [0.25, 0.3) is 0 Å². The van der Waals surface area contributed by atoms with Crippen LogP contribution >= 0.6 is 0 Å². The number of nitrogens with zero attached hydrogens (tertiary/aromatic N) is 3. The van der Waals surface area contributed by atoms with Gasteiger partial charge in [0, 0.05) is 6.04 Å². The summed E-state index contributed by atoms with van der Waals surface area (Å²) in [5.41, 5.74) is -0.108. The van der Waals surface area contributed by atoms with E-state index in [0.717, 1.165) is 18.6 Å². The van der Waals surface area contributed by atoms with E-state index >= 15 is 0 Å². The average molecular weight is 315 g/mol. The van der Waals surface area contributed by atoms with Gasteiger partial charge in [0.1, 0.15) is 18.6 Å². The van der Waals surface area contributed by atoms with Gasteiger partial charge in [0.2, 0.25) is 11.8 Å². The number of hydrogen-bond acceptors (Lipinski definition) is 7. The van der Waals surface area contributed by atoms with Crippen LogP contribution in [0, 0.1) is 10.1 Å². The molecule has 1 aromatic carbocycles. The van der Waals surface area contributed by atoms with Crippen LogP contribution in [-0.4, -0.2) is 34.1 Å². The summed E-state index contributed by atoms with van der Waals surface area (Å²) >= 11 is 0. The molecule has 23 heavy (non-hydrogen) atoms. The molecule has 120 valence electrons. The van der Waals surface area contributed by atoms with Crippen molar-refractivity contribution in [1.29, 1.82) is 0 Å². The van der Waals surface area contributed by atoms with Crippen molar-refractivity contribution in [2.45, 2.75) is 18.9 Å². The number of anilines is 2. The Morgan fingerprint density at radius 1 is 1.30 bits per heavy atom. The van der Waals surface area contributed by atoms with Gasteiger partial charge < -0.3 is 15.4 Å². The molecule has 2 N–H and O–H groups in total. The topological polar surface area (TPSA) is 102 Å². The molecule has 3 rings (SSSR count). The standard InChI is InChI=1S/C15H17N5O3/c21-20(22)13-10-17-15(19-14(13)18-11-6-7-11)16-8-9-23-12-4-2-1-3-5-12/h1-5,10-11H,6-9H2,(H2,16,17,18,19). The summed E-state index contributed by atoms with van der Waals surface area (Å²) in [4.78, 5) is 18.7. The molecule has 2 aromatic rings. The summed E-state index contributed by atoms with van der Waals surface area (Å²) < 4.78 is 5.55. The second kappa shape index (κ2) is 6.91. The van der Waals surface area contributed by atoms with Crippen molar-refractivity contribution >= 4 is 17.5 Å². The molecule has 1 aliphatic carbocycles. The molecule has 1 saturated carbocycles. The largest absolute Gasteiger partial charge is 0.492 e. The van der Waals surface area contributed by atoms with Crippen LogP contribution in [0.1, 0.15) is 12.8 Å². The van der Waals surface area contributed by atoms with Crippen LogP contribution in [0.2, 0.25) is 0 Å². The summed E-state index contributed by atoms with van der Waals surface area (Å²) in [5, 5.41) is 17.1. The molecule has 0 atom stereocenters. The second-order valence-electron chi connectivity index (χ2n) is 5.19. The molecule has 0 aliphatic heterocycles. The van der Waals surface area contributed by atoms with Crippen LogP contribution in [0.15, 0.2) is 36.5 Å². The minimum absolute atomic E-state index is 0.108. The van der Waals surface area contributed by atoms with Crippen molar-refractivity contribution in [2.75, 3.05) is 23.8 Å². The molecule has 1 fully saturated rings. The van der Waals surface area contributed by atoms with Gasteiger partial charge in [-0.25, -0.2) is 4.98 Å². The fourth-order valence-corrected chi connectivity index (χ4v) is 1.97. The fraction of sp³-hybridized carbons (Fsp3) is 0.333. The first kappa shape index (κ1) is 15.0. The maximum atomic E-state index is 11.0. The highest BCUT2D eigenvalue weighted by atomic mass is 16.6. The number of nitrogens with one attached hydrogen (secondary N) is 2. The third-order valence-electron chi connectivity index (χ3n) is 3.28. The number of benzene rings is 1. The summed E-state index contributed by atoms with van der Waals surface area (Å²) in [6.45, 7) is 0.936. The van der Waals surface area contributed by atoms with Crippen LogP contribution in [0.4, 0.5) is 17.5 Å². The minimum atomic E-state index is -0.479. The maximum absolute atomic E-state index is 11.0. The van der Waals surface area contributed by atoms with E-state index in [1.165, 1.54) is 6.20 Å². The van der Waals surface area contributed by atoms with Crippen molar-refractivity contribution in [3.63, 3.8) is 0 Å². The zero-order valence-electron chi connectivity index (χ0n) is 12.4. The van der Waals surface area contributed by atoms with Gasteiger partial charge in [-0.2, -0.15) is 4.98 Å². The highest BCUT2D eigenvalue weighted by Crippen LogP contribution is 2.29. The molecule has 8 nitrogen and oxygen atoms in total. The molecule has 8 heteroatoms. The van der Waals surface area contributed by atoms with E-state index in [0.29, 0.717) is 19.1 Å². The molecule has 1 heterocycles. The number of nitro groups is 1. The van der Waals surface area contributed by atoms with Crippen LogP contribution in [0.25, 0.3) is 0 Å².